The summed E-state index contributed by atoms with van der Waals surface area (Å²) in [6, 6.07) is 0. The van der Waals surface area contributed by atoms with Crippen LogP contribution in [0, 0.1) is 6.57 Å². The highest BCUT2D eigenvalue weighted by molar-refractivity contribution is 6.32. The third kappa shape index (κ3) is 1.63. The molecule has 0 aromatic carbocycles. The molecule has 0 fully saturated rings. The number of aromatic nitrogens is 2. The summed E-state index contributed by atoms with van der Waals surface area (Å²) in [7, 11) is 0. The van der Waals surface area contributed by atoms with Gasteiger partial charge in [0.15, 0.2) is 0 Å². The van der Waals surface area contributed by atoms with Crippen molar-refractivity contribution in [3.05, 3.63) is 22.9 Å². The van der Waals surface area contributed by atoms with Gasteiger partial charge in [-0.2, -0.15) is 0 Å². The van der Waals surface area contributed by atoms with Crippen molar-refractivity contribution >= 4 is 23.1 Å². The second-order valence-electron chi connectivity index (χ2n) is 2.00. The normalized spacial score (nSPS) is 9.08. The zero-order valence-electron chi connectivity index (χ0n) is 6.50. The number of hydrogen-bond donors (Lipinski definition) is 1. The predicted octanol–water partition coefficient (Wildman–Crippen LogP) is 2.11. The van der Waals surface area contributed by atoms with Gasteiger partial charge in [0.2, 0.25) is 0 Å². The first-order chi connectivity index (χ1) is 5.79. The van der Waals surface area contributed by atoms with Crippen molar-refractivity contribution < 1.29 is 0 Å². The van der Waals surface area contributed by atoms with Crippen molar-refractivity contribution in [1.82, 2.24) is 9.97 Å². The molecule has 0 aliphatic carbocycles. The number of rotatable bonds is 2. The van der Waals surface area contributed by atoms with Crippen molar-refractivity contribution in [1.29, 1.82) is 0 Å². The highest BCUT2D eigenvalue weighted by Gasteiger charge is 2.07. The van der Waals surface area contributed by atoms with Crippen LogP contribution in [0.15, 0.2) is 6.33 Å². The molecule has 62 valence electrons. The van der Waals surface area contributed by atoms with Crippen LogP contribution < -0.4 is 5.32 Å². The highest BCUT2D eigenvalue weighted by Crippen LogP contribution is 2.28. The molecule has 12 heavy (non-hydrogen) atoms. The molecular weight excluding hydrogens is 176 g/mol. The van der Waals surface area contributed by atoms with E-state index in [1.807, 2.05) is 6.92 Å². The minimum Gasteiger partial charge on any atom is -0.379 e. The molecule has 4 nitrogen and oxygen atoms in total. The summed E-state index contributed by atoms with van der Waals surface area (Å²) in [6.45, 7) is 9.45. The van der Waals surface area contributed by atoms with E-state index in [0.29, 0.717) is 12.4 Å². The molecule has 0 bridgehead atoms. The first-order valence-corrected chi connectivity index (χ1v) is 3.79. The monoisotopic (exact) mass is 182 g/mol. The molecule has 0 amide bonds. The van der Waals surface area contributed by atoms with Gasteiger partial charge in [-0.05, 0) is 6.92 Å². The zero-order valence-corrected chi connectivity index (χ0v) is 7.26. The topological polar surface area (TPSA) is 42.2 Å². The Bertz CT molecular complexity index is 318. The van der Waals surface area contributed by atoms with Crippen LogP contribution in [0.2, 0.25) is 5.15 Å². The molecule has 1 N–H and O–H groups in total. The molecule has 0 saturated carbocycles. The van der Waals surface area contributed by atoms with Crippen LogP contribution in [0.3, 0.4) is 0 Å². The summed E-state index contributed by atoms with van der Waals surface area (Å²) in [4.78, 5) is 10.8. The van der Waals surface area contributed by atoms with Crippen molar-refractivity contribution in [2.45, 2.75) is 6.92 Å². The van der Waals surface area contributed by atoms with E-state index in [0.717, 1.165) is 0 Å². The van der Waals surface area contributed by atoms with Gasteiger partial charge < -0.3 is 5.32 Å². The lowest BCUT2D eigenvalue weighted by atomic mass is 10.5. The predicted molar refractivity (Wildman–Crippen MR) is 47.5 cm³/mol. The summed E-state index contributed by atoms with van der Waals surface area (Å²) in [6.07, 6.45) is 1.33. The number of nitrogens with one attached hydrogen (secondary N) is 1. The standard InChI is InChI=1S/C7H7ClN4/c1-3-10-7-5(9-2)6(8)11-4-12-7/h4H,3H2,1H3,(H,10,11,12). The molecule has 0 unspecified atom stereocenters. The van der Waals surface area contributed by atoms with Gasteiger partial charge in [0.05, 0.1) is 6.57 Å². The van der Waals surface area contributed by atoms with E-state index in [1.54, 1.807) is 0 Å². The Hall–Kier alpha value is -1.34. The number of hydrogen-bond acceptors (Lipinski definition) is 3. The van der Waals surface area contributed by atoms with Crippen LogP contribution in [0.25, 0.3) is 4.85 Å². The third-order valence-corrected chi connectivity index (χ3v) is 1.51. The molecule has 1 aromatic heterocycles. The van der Waals surface area contributed by atoms with E-state index < -0.39 is 0 Å². The fourth-order valence-electron chi connectivity index (χ4n) is 0.753. The van der Waals surface area contributed by atoms with Crippen LogP contribution in [0.5, 0.6) is 0 Å². The van der Waals surface area contributed by atoms with Gasteiger partial charge in [0, 0.05) is 6.54 Å². The fourth-order valence-corrected chi connectivity index (χ4v) is 0.929. The lowest BCUT2D eigenvalue weighted by Gasteiger charge is -2.03. The lowest BCUT2D eigenvalue weighted by Crippen LogP contribution is -1.99. The number of anilines is 1. The zero-order chi connectivity index (χ0) is 8.97. The van der Waals surface area contributed by atoms with E-state index in [2.05, 4.69) is 20.1 Å². The van der Waals surface area contributed by atoms with Gasteiger partial charge in [-0.25, -0.2) is 14.8 Å². The summed E-state index contributed by atoms with van der Waals surface area (Å²) < 4.78 is 0. The van der Waals surface area contributed by atoms with Crippen molar-refractivity contribution in [2.75, 3.05) is 11.9 Å². The Morgan fingerprint density at radius 3 is 3.00 bits per heavy atom. The third-order valence-electron chi connectivity index (χ3n) is 1.23. The van der Waals surface area contributed by atoms with E-state index in [9.17, 15) is 0 Å². The van der Waals surface area contributed by atoms with Gasteiger partial charge in [0.25, 0.3) is 5.69 Å². The summed E-state index contributed by atoms with van der Waals surface area (Å²) in [5, 5.41) is 3.11. The quantitative estimate of drug-likeness (QED) is 0.563. The maximum Gasteiger partial charge on any atom is 0.264 e. The second-order valence-corrected chi connectivity index (χ2v) is 2.36. The second kappa shape index (κ2) is 3.88. The largest absolute Gasteiger partial charge is 0.379 e. The van der Waals surface area contributed by atoms with Crippen molar-refractivity contribution in [2.24, 2.45) is 0 Å². The molecule has 0 atom stereocenters. The SMILES string of the molecule is [C-]#[N+]c1c(Cl)ncnc1NCC. The van der Waals surface area contributed by atoms with Crippen molar-refractivity contribution in [3.63, 3.8) is 0 Å². The first kappa shape index (κ1) is 8.75. The maximum atomic E-state index is 6.82. The van der Waals surface area contributed by atoms with E-state index in [-0.39, 0.29) is 10.8 Å². The minimum atomic E-state index is 0.191. The van der Waals surface area contributed by atoms with Crippen LogP contribution in [-0.4, -0.2) is 16.5 Å². The van der Waals surface area contributed by atoms with Crippen LogP contribution in [-0.2, 0) is 0 Å². The van der Waals surface area contributed by atoms with Crippen molar-refractivity contribution in [3.8, 4) is 0 Å². The van der Waals surface area contributed by atoms with Crippen LogP contribution in [0.4, 0.5) is 11.5 Å². The van der Waals surface area contributed by atoms with Gasteiger partial charge in [-0.3, -0.25) is 0 Å². The summed E-state index contributed by atoms with van der Waals surface area (Å²) >= 11 is 5.66. The van der Waals surface area contributed by atoms with Crippen LogP contribution >= 0.6 is 11.6 Å². The molecule has 1 rings (SSSR count). The molecule has 5 heteroatoms. The average Bonchev–Trinajstić information content (AvgIpc) is 2.05. The lowest BCUT2D eigenvalue weighted by molar-refractivity contribution is 1.12. The molecule has 0 spiro atoms. The molecule has 1 aromatic rings. The molecule has 0 radical (unpaired) electrons. The Labute approximate surface area is 75.4 Å². The maximum absolute atomic E-state index is 6.82. The van der Waals surface area contributed by atoms with E-state index in [1.165, 1.54) is 6.33 Å². The molecule has 0 saturated heterocycles. The number of halogens is 1. The Balaban J connectivity index is 3.11. The highest BCUT2D eigenvalue weighted by atomic mass is 35.5. The van der Waals surface area contributed by atoms with E-state index >= 15 is 0 Å². The number of nitrogens with zero attached hydrogens (tertiary/aromatic N) is 3. The first-order valence-electron chi connectivity index (χ1n) is 3.41. The van der Waals surface area contributed by atoms with Gasteiger partial charge in [0.1, 0.15) is 17.3 Å². The smallest absolute Gasteiger partial charge is 0.264 e. The van der Waals surface area contributed by atoms with Crippen LogP contribution in [0.1, 0.15) is 6.92 Å². The molecule has 0 aliphatic rings. The Kier molecular flexibility index (Phi) is 2.83. The van der Waals surface area contributed by atoms with E-state index in [4.69, 9.17) is 18.2 Å². The minimum absolute atomic E-state index is 0.191. The summed E-state index contributed by atoms with van der Waals surface area (Å²) in [5.74, 6) is 0.493. The van der Waals surface area contributed by atoms with Gasteiger partial charge in [-0.15, -0.1) is 0 Å². The average molecular weight is 183 g/mol. The Morgan fingerprint density at radius 1 is 1.67 bits per heavy atom. The Morgan fingerprint density at radius 2 is 2.42 bits per heavy atom. The van der Waals surface area contributed by atoms with Gasteiger partial charge in [-0.1, -0.05) is 11.6 Å². The fraction of sp³-hybridized carbons (Fsp3) is 0.286. The molecule has 1 heterocycles. The summed E-state index contributed by atoms with van der Waals surface area (Å²) in [5.41, 5.74) is 0.279. The molecule has 0 aliphatic heterocycles. The molecular formula is C7H7ClN4. The van der Waals surface area contributed by atoms with Gasteiger partial charge >= 0.3 is 0 Å².